The minimum atomic E-state index is 0.0337. The molecule has 220 valence electrons. The van der Waals surface area contributed by atoms with Gasteiger partial charge in [-0.05, 0) is 107 Å². The van der Waals surface area contributed by atoms with Gasteiger partial charge in [-0.25, -0.2) is 0 Å². The van der Waals surface area contributed by atoms with E-state index in [-0.39, 0.29) is 6.85 Å². The third-order valence-corrected chi connectivity index (χ3v) is 10.8. The highest BCUT2D eigenvalue weighted by Crippen LogP contribution is 2.50. The van der Waals surface area contributed by atoms with E-state index in [4.69, 9.17) is 0 Å². The minimum absolute atomic E-state index is 0.0337. The molecule has 2 aliphatic rings. The van der Waals surface area contributed by atoms with Gasteiger partial charge in [-0.1, -0.05) is 140 Å². The van der Waals surface area contributed by atoms with Crippen LogP contribution in [-0.2, 0) is 0 Å². The Hall–Kier alpha value is -6.12. The lowest BCUT2D eigenvalue weighted by atomic mass is 9.42. The Morgan fingerprint density at radius 2 is 0.958 bits per heavy atom. The molecular weight excluding hydrogens is 577 g/mol. The highest BCUT2D eigenvalue weighted by atomic mass is 15.1. The van der Waals surface area contributed by atoms with Crippen molar-refractivity contribution in [3.63, 3.8) is 0 Å². The number of anilines is 2. The molecule has 0 N–H and O–H groups in total. The van der Waals surface area contributed by atoms with E-state index in [9.17, 15) is 0 Å². The number of hydrogen-bond donors (Lipinski definition) is 0. The molecule has 0 radical (unpaired) electrons. The molecule has 2 heteroatoms. The average Bonchev–Trinajstić information content (AvgIpc) is 3.15. The van der Waals surface area contributed by atoms with Crippen LogP contribution in [0.3, 0.4) is 0 Å². The molecule has 48 heavy (non-hydrogen) atoms. The molecule has 0 aromatic heterocycles. The van der Waals surface area contributed by atoms with E-state index in [1.54, 1.807) is 0 Å². The fraction of sp³-hybridized carbons (Fsp3) is 0. The van der Waals surface area contributed by atoms with Crippen LogP contribution < -0.4 is 15.7 Å². The quantitative estimate of drug-likeness (QED) is 0.168. The molecule has 9 aromatic carbocycles. The molecule has 0 atom stereocenters. The van der Waals surface area contributed by atoms with Crippen LogP contribution in [0.5, 0.6) is 0 Å². The molecule has 0 aliphatic carbocycles. The summed E-state index contributed by atoms with van der Waals surface area (Å²) in [5.41, 5.74) is 13.0. The fourth-order valence-corrected chi connectivity index (χ4v) is 8.61. The zero-order chi connectivity index (χ0) is 31.3. The second kappa shape index (κ2) is 9.70. The van der Waals surface area contributed by atoms with E-state index in [1.165, 1.54) is 98.8 Å². The first kappa shape index (κ1) is 26.0. The number of rotatable bonds is 1. The SMILES string of the molecule is c1ccc(-c2ccc3c4c(ccc3c2)N2B(c3cc5ccccc5cc3-4)c3ccc4ccccc4c3-c3cc4ccccc4cc32)cc1. The van der Waals surface area contributed by atoms with E-state index in [0.29, 0.717) is 0 Å². The molecule has 0 saturated heterocycles. The topological polar surface area (TPSA) is 3.24 Å². The normalized spacial score (nSPS) is 12.9. The summed E-state index contributed by atoms with van der Waals surface area (Å²) in [7, 11) is 0. The van der Waals surface area contributed by atoms with Crippen molar-refractivity contribution < 1.29 is 0 Å². The van der Waals surface area contributed by atoms with Gasteiger partial charge in [0.05, 0.1) is 0 Å². The second-order valence-corrected chi connectivity index (χ2v) is 13.3. The Kier molecular flexibility index (Phi) is 5.26. The van der Waals surface area contributed by atoms with E-state index in [0.717, 1.165) is 0 Å². The zero-order valence-electron chi connectivity index (χ0n) is 26.2. The van der Waals surface area contributed by atoms with Gasteiger partial charge in [0.1, 0.15) is 0 Å². The number of hydrogen-bond acceptors (Lipinski definition) is 1. The van der Waals surface area contributed by atoms with Gasteiger partial charge in [0.15, 0.2) is 0 Å². The summed E-state index contributed by atoms with van der Waals surface area (Å²) in [6.45, 7) is 0.0337. The van der Waals surface area contributed by atoms with Gasteiger partial charge >= 0.3 is 6.85 Å². The smallest absolute Gasteiger partial charge is 0.329 e. The minimum Gasteiger partial charge on any atom is -0.376 e. The van der Waals surface area contributed by atoms with E-state index in [2.05, 4.69) is 175 Å². The standard InChI is InChI=1S/C46H28BN/c1-2-10-29(11-3-1)35-18-21-38-36(24-35)20-23-43-46(38)39-25-31-13-4-6-15-33(31)27-42(39)47-41-22-19-30-12-8-9-17-37(30)45(41)40-26-32-14-5-7-16-34(32)28-44(40)48(43)47/h1-28H. The Morgan fingerprint density at radius 1 is 0.333 bits per heavy atom. The molecule has 2 aliphatic heterocycles. The van der Waals surface area contributed by atoms with Crippen molar-refractivity contribution in [2.75, 3.05) is 4.81 Å². The monoisotopic (exact) mass is 605 g/mol. The van der Waals surface area contributed by atoms with Crippen LogP contribution in [0.2, 0.25) is 0 Å². The largest absolute Gasteiger partial charge is 0.376 e. The van der Waals surface area contributed by atoms with Crippen LogP contribution in [-0.4, -0.2) is 6.85 Å². The lowest BCUT2D eigenvalue weighted by Gasteiger charge is -2.44. The molecule has 0 unspecified atom stereocenters. The molecule has 9 aromatic rings. The highest BCUT2D eigenvalue weighted by Gasteiger charge is 2.43. The van der Waals surface area contributed by atoms with E-state index < -0.39 is 0 Å². The lowest BCUT2D eigenvalue weighted by molar-refractivity contribution is 1.37. The molecule has 0 amide bonds. The summed E-state index contributed by atoms with van der Waals surface area (Å²) in [5.74, 6) is 0. The number of nitrogens with zero attached hydrogens (tertiary/aromatic N) is 1. The Bertz CT molecular complexity index is 2800. The Labute approximate surface area is 279 Å². The van der Waals surface area contributed by atoms with Gasteiger partial charge in [-0.3, -0.25) is 0 Å². The molecule has 0 spiro atoms. The summed E-state index contributed by atoms with van der Waals surface area (Å²) < 4.78 is 0. The van der Waals surface area contributed by atoms with Crippen molar-refractivity contribution in [2.24, 2.45) is 0 Å². The molecule has 2 heterocycles. The summed E-state index contributed by atoms with van der Waals surface area (Å²) in [4.78, 5) is 2.65. The first-order valence-corrected chi connectivity index (χ1v) is 16.8. The average molecular weight is 606 g/mol. The Morgan fingerprint density at radius 3 is 1.75 bits per heavy atom. The van der Waals surface area contributed by atoms with E-state index >= 15 is 0 Å². The summed E-state index contributed by atoms with van der Waals surface area (Å²) in [6, 6.07) is 63.4. The van der Waals surface area contributed by atoms with Gasteiger partial charge in [-0.2, -0.15) is 0 Å². The van der Waals surface area contributed by atoms with Gasteiger partial charge in [0.25, 0.3) is 0 Å². The van der Waals surface area contributed by atoms with Crippen molar-refractivity contribution in [3.05, 3.63) is 170 Å². The van der Waals surface area contributed by atoms with Crippen LogP contribution in [0.25, 0.3) is 76.5 Å². The van der Waals surface area contributed by atoms with Gasteiger partial charge in [0, 0.05) is 22.5 Å². The molecule has 1 nitrogen and oxygen atoms in total. The van der Waals surface area contributed by atoms with Crippen molar-refractivity contribution in [2.45, 2.75) is 0 Å². The first-order chi connectivity index (χ1) is 23.8. The van der Waals surface area contributed by atoms with E-state index in [1.807, 2.05) is 0 Å². The molecule has 0 fully saturated rings. The van der Waals surface area contributed by atoms with Crippen molar-refractivity contribution >= 4 is 72.2 Å². The van der Waals surface area contributed by atoms with Crippen molar-refractivity contribution in [1.82, 2.24) is 0 Å². The van der Waals surface area contributed by atoms with Crippen molar-refractivity contribution in [3.8, 4) is 33.4 Å². The van der Waals surface area contributed by atoms with Crippen LogP contribution >= 0.6 is 0 Å². The van der Waals surface area contributed by atoms with Crippen LogP contribution in [0, 0.1) is 0 Å². The van der Waals surface area contributed by atoms with Crippen molar-refractivity contribution in [1.29, 1.82) is 0 Å². The number of fused-ring (bicyclic) bond motifs is 17. The highest BCUT2D eigenvalue weighted by molar-refractivity contribution is 6.93. The van der Waals surface area contributed by atoms with Crippen LogP contribution in [0.1, 0.15) is 0 Å². The Balaban J connectivity index is 1.28. The maximum atomic E-state index is 2.65. The number of benzene rings is 9. The predicted octanol–water partition coefficient (Wildman–Crippen LogP) is 10.9. The summed E-state index contributed by atoms with van der Waals surface area (Å²) in [6.07, 6.45) is 0. The third kappa shape index (κ3) is 3.57. The summed E-state index contributed by atoms with van der Waals surface area (Å²) >= 11 is 0. The van der Waals surface area contributed by atoms with Crippen LogP contribution in [0.15, 0.2) is 170 Å². The van der Waals surface area contributed by atoms with Crippen LogP contribution in [0.4, 0.5) is 11.4 Å². The molecule has 11 rings (SSSR count). The predicted molar refractivity (Wildman–Crippen MR) is 206 cm³/mol. The third-order valence-electron chi connectivity index (χ3n) is 10.8. The second-order valence-electron chi connectivity index (χ2n) is 13.3. The molecule has 0 bridgehead atoms. The maximum absolute atomic E-state index is 2.65. The molecule has 0 saturated carbocycles. The van der Waals surface area contributed by atoms with Gasteiger partial charge < -0.3 is 4.81 Å². The van der Waals surface area contributed by atoms with Gasteiger partial charge in [0.2, 0.25) is 0 Å². The maximum Gasteiger partial charge on any atom is 0.329 e. The summed E-state index contributed by atoms with van der Waals surface area (Å²) in [5, 5.41) is 10.2. The lowest BCUT2D eigenvalue weighted by Crippen LogP contribution is -2.59. The zero-order valence-corrected chi connectivity index (χ0v) is 26.2. The molecular formula is C46H28BN. The first-order valence-electron chi connectivity index (χ1n) is 16.8. The van der Waals surface area contributed by atoms with Gasteiger partial charge in [-0.15, -0.1) is 0 Å². The fourth-order valence-electron chi connectivity index (χ4n) is 8.61.